The predicted octanol–water partition coefficient (Wildman–Crippen LogP) is -0.362. The molecule has 0 aliphatic carbocycles. The molecule has 0 spiro atoms. The minimum Gasteiger partial charge on any atom is -0.872 e. The van der Waals surface area contributed by atoms with Crippen molar-refractivity contribution in [2.24, 2.45) is 9.98 Å². The predicted molar refractivity (Wildman–Crippen MR) is 155 cm³/mol. The molecule has 2 rings (SSSR count). The minimum atomic E-state index is -1.75. The molecule has 0 aliphatic heterocycles. The monoisotopic (exact) mass is 689 g/mol. The first-order valence-corrected chi connectivity index (χ1v) is 12.7. The van der Waals surface area contributed by atoms with E-state index in [1.165, 1.54) is 48.8 Å². The second kappa shape index (κ2) is 25.5. The summed E-state index contributed by atoms with van der Waals surface area (Å²) >= 11 is 0. The second-order valence-corrected chi connectivity index (χ2v) is 9.01. The number of nitro groups is 2. The number of benzene rings is 2. The summed E-state index contributed by atoms with van der Waals surface area (Å²) in [4.78, 5) is 44.8. The van der Waals surface area contributed by atoms with Crippen LogP contribution < -0.4 is 20.8 Å². The fraction of sp³-hybridized carbons (Fsp3) is 0.417. The van der Waals surface area contributed by atoms with Gasteiger partial charge in [0.05, 0.1) is 58.3 Å². The van der Waals surface area contributed by atoms with Gasteiger partial charge >= 0.3 is 17.1 Å². The van der Waals surface area contributed by atoms with Gasteiger partial charge in [-0.05, 0) is 38.8 Å². The second-order valence-electron chi connectivity index (χ2n) is 9.01. The molecule has 45 heavy (non-hydrogen) atoms. The van der Waals surface area contributed by atoms with Crippen LogP contribution in [0.4, 0.5) is 11.4 Å². The molecule has 0 atom stereocenters. The Morgan fingerprint density at radius 2 is 0.933 bits per heavy atom. The van der Waals surface area contributed by atoms with Crippen LogP contribution in [0.2, 0.25) is 0 Å². The first-order chi connectivity index (χ1) is 20.5. The molecule has 253 valence electrons. The van der Waals surface area contributed by atoms with E-state index in [1.807, 2.05) is 0 Å². The molecular formula is C24H34CuN8O12. The Balaban J connectivity index is -0.000000621. The van der Waals surface area contributed by atoms with Gasteiger partial charge in [-0.2, -0.15) is 0 Å². The van der Waals surface area contributed by atoms with E-state index in [2.05, 4.69) is 48.3 Å². The third kappa shape index (κ3) is 26.4. The van der Waals surface area contributed by atoms with Crippen molar-refractivity contribution < 1.29 is 57.9 Å². The van der Waals surface area contributed by atoms with Crippen LogP contribution in [0.3, 0.4) is 0 Å². The molecule has 20 nitrogen and oxygen atoms in total. The molecule has 0 heterocycles. The van der Waals surface area contributed by atoms with Crippen molar-refractivity contribution in [2.45, 2.75) is 39.8 Å². The molecule has 2 aromatic carbocycles. The number of hydrogen-bond donors (Lipinski definition) is 2. The molecule has 0 unspecified atom stereocenters. The summed E-state index contributed by atoms with van der Waals surface area (Å²) in [7, 11) is 0. The SMILES string of the molecule is CC(C)[NH2+]CCN=Cc1cc([N+](=O)[O-])ccc1[O-].CC(C)[NH2+]CCN=Cc1cc([N+](=O)[O-])ccc1[O-].O=[N+]([O-])[O-].O=[N+]([O-])[O-].[Cu+2]. The van der Waals surface area contributed by atoms with E-state index >= 15 is 0 Å². The Morgan fingerprint density at radius 1 is 0.644 bits per heavy atom. The maximum absolute atomic E-state index is 11.4. The zero-order chi connectivity index (χ0) is 34.2. The average Bonchev–Trinajstić information content (AvgIpc) is 2.89. The Hall–Kier alpha value is -4.98. The fourth-order valence-electron chi connectivity index (χ4n) is 2.79. The molecule has 21 heteroatoms. The number of nitrogens with two attached hydrogens (primary N) is 2. The molecule has 0 fully saturated rings. The Labute approximate surface area is 267 Å². The van der Waals surface area contributed by atoms with E-state index in [1.54, 1.807) is 0 Å². The van der Waals surface area contributed by atoms with Gasteiger partial charge in [0, 0.05) is 36.7 Å². The molecule has 4 N–H and O–H groups in total. The van der Waals surface area contributed by atoms with Gasteiger partial charge in [-0.3, -0.25) is 30.2 Å². The summed E-state index contributed by atoms with van der Waals surface area (Å²) in [5.41, 5.74) is 0.331. The van der Waals surface area contributed by atoms with Gasteiger partial charge < -0.3 is 51.5 Å². The third-order valence-corrected chi connectivity index (χ3v) is 4.66. The van der Waals surface area contributed by atoms with E-state index in [0.29, 0.717) is 25.2 Å². The number of non-ortho nitro benzene ring substituents is 2. The Morgan fingerprint density at radius 3 is 1.18 bits per heavy atom. The summed E-state index contributed by atoms with van der Waals surface area (Å²) in [6.45, 7) is 11.2. The van der Waals surface area contributed by atoms with Gasteiger partial charge in [0.25, 0.3) is 11.4 Å². The zero-order valence-electron chi connectivity index (χ0n) is 24.6. The van der Waals surface area contributed by atoms with Gasteiger partial charge in [-0.25, -0.2) is 0 Å². The third-order valence-electron chi connectivity index (χ3n) is 4.66. The van der Waals surface area contributed by atoms with Crippen LogP contribution in [0.1, 0.15) is 38.8 Å². The van der Waals surface area contributed by atoms with Crippen LogP contribution in [0.25, 0.3) is 0 Å². The molecule has 0 saturated carbocycles. The van der Waals surface area contributed by atoms with Crippen molar-refractivity contribution in [1.29, 1.82) is 0 Å². The van der Waals surface area contributed by atoms with Gasteiger partial charge in [0.1, 0.15) is 0 Å². The zero-order valence-corrected chi connectivity index (χ0v) is 25.6. The summed E-state index contributed by atoms with van der Waals surface area (Å²) in [6.07, 6.45) is 2.81. The van der Waals surface area contributed by atoms with E-state index in [-0.39, 0.29) is 51.1 Å². The topological polar surface area (TPSA) is 323 Å². The van der Waals surface area contributed by atoms with E-state index < -0.39 is 20.0 Å². The van der Waals surface area contributed by atoms with Crippen LogP contribution in [0, 0.1) is 50.9 Å². The minimum absolute atomic E-state index is 0. The molecule has 0 saturated heterocycles. The molecule has 0 aliphatic rings. The fourth-order valence-corrected chi connectivity index (χ4v) is 2.79. The Bertz CT molecular complexity index is 1160. The molecular weight excluding hydrogens is 656 g/mol. The number of aliphatic imine (C=N–C) groups is 2. The molecule has 0 bridgehead atoms. The summed E-state index contributed by atoms with van der Waals surface area (Å²) in [6, 6.07) is 8.30. The smallest absolute Gasteiger partial charge is 0.872 e. The molecule has 0 amide bonds. The van der Waals surface area contributed by atoms with Crippen molar-refractivity contribution in [1.82, 2.24) is 0 Å². The number of nitro benzene ring substituents is 2. The largest absolute Gasteiger partial charge is 2.00 e. The van der Waals surface area contributed by atoms with E-state index in [9.17, 15) is 30.4 Å². The van der Waals surface area contributed by atoms with Crippen LogP contribution in [-0.4, -0.2) is 70.7 Å². The van der Waals surface area contributed by atoms with Crippen LogP contribution >= 0.6 is 0 Å². The number of quaternary nitrogens is 2. The van der Waals surface area contributed by atoms with Gasteiger partial charge in [-0.15, -0.1) is 0 Å². The summed E-state index contributed by atoms with van der Waals surface area (Å²) in [5, 5.41) is 77.8. The van der Waals surface area contributed by atoms with Crippen LogP contribution in [0.15, 0.2) is 46.4 Å². The van der Waals surface area contributed by atoms with Crippen molar-refractivity contribution in [3.05, 3.63) is 98.4 Å². The van der Waals surface area contributed by atoms with Crippen LogP contribution in [-0.2, 0) is 17.1 Å². The van der Waals surface area contributed by atoms with E-state index in [0.717, 1.165) is 13.1 Å². The normalized spacial score (nSPS) is 10.1. The first kappa shape index (κ1) is 44.5. The van der Waals surface area contributed by atoms with Crippen molar-refractivity contribution in [3.8, 4) is 11.5 Å². The summed E-state index contributed by atoms with van der Waals surface area (Å²) < 4.78 is 0. The molecule has 1 radical (unpaired) electrons. The maximum atomic E-state index is 11.4. The quantitative estimate of drug-likeness (QED) is 0.0948. The van der Waals surface area contributed by atoms with E-state index in [4.69, 9.17) is 30.6 Å². The van der Waals surface area contributed by atoms with Crippen LogP contribution in [0.5, 0.6) is 11.5 Å². The van der Waals surface area contributed by atoms with Crippen molar-refractivity contribution >= 4 is 23.8 Å². The van der Waals surface area contributed by atoms with Crippen molar-refractivity contribution in [2.75, 3.05) is 26.2 Å². The standard InChI is InChI=1S/2C12H17N3O3.Cu.2NO3/c2*1-9(2)14-6-5-13-8-10-7-11(15(17)18)3-4-12(10)16;;2*2-1(3)4/h2*3-4,7-9,14,16H,5-6H2,1-2H3;;;/q;;+2;2*-1. The molecule has 2 aromatic rings. The number of nitrogens with zero attached hydrogens (tertiary/aromatic N) is 6. The van der Waals surface area contributed by atoms with Gasteiger partial charge in [-0.1, -0.05) is 23.6 Å². The number of hydrogen-bond acceptors (Lipinski definition) is 14. The Kier molecular flexibility index (Phi) is 25.2. The van der Waals surface area contributed by atoms with Crippen molar-refractivity contribution in [3.63, 3.8) is 0 Å². The molecule has 0 aromatic heterocycles. The first-order valence-electron chi connectivity index (χ1n) is 12.7. The number of rotatable bonds is 12. The average molecular weight is 690 g/mol. The van der Waals surface area contributed by atoms with Gasteiger partial charge in [0.2, 0.25) is 0 Å². The maximum Gasteiger partial charge on any atom is 2.00 e. The van der Waals surface area contributed by atoms with Gasteiger partial charge in [0.15, 0.2) is 0 Å². The summed E-state index contributed by atoms with van der Waals surface area (Å²) in [5.74, 6) is -0.505.